The van der Waals surface area contributed by atoms with E-state index in [0.717, 1.165) is 35.6 Å². The molecule has 0 spiro atoms. The monoisotopic (exact) mass is 364 g/mol. The maximum atomic E-state index is 12.5. The van der Waals surface area contributed by atoms with Crippen molar-refractivity contribution in [3.05, 3.63) is 59.5 Å². The van der Waals surface area contributed by atoms with E-state index < -0.39 is 0 Å². The maximum Gasteiger partial charge on any atom is 0.260 e. The van der Waals surface area contributed by atoms with Crippen LogP contribution in [0.1, 0.15) is 35.8 Å². The molecule has 0 aliphatic carbocycles. The summed E-state index contributed by atoms with van der Waals surface area (Å²) in [4.78, 5) is 18.9. The van der Waals surface area contributed by atoms with Crippen LogP contribution in [0.3, 0.4) is 0 Å². The van der Waals surface area contributed by atoms with Gasteiger partial charge in [-0.15, -0.1) is 0 Å². The van der Waals surface area contributed by atoms with Crippen molar-refractivity contribution in [3.8, 4) is 5.75 Å². The fourth-order valence-corrected chi connectivity index (χ4v) is 3.48. The van der Waals surface area contributed by atoms with Gasteiger partial charge in [-0.1, -0.05) is 18.2 Å². The lowest BCUT2D eigenvalue weighted by molar-refractivity contribution is -0.134. The first-order valence-electron chi connectivity index (χ1n) is 9.43. The number of aromatic nitrogens is 1. The van der Waals surface area contributed by atoms with E-state index in [9.17, 15) is 4.79 Å². The Labute approximate surface area is 158 Å². The Bertz CT molecular complexity index is 922. The quantitative estimate of drug-likeness (QED) is 0.695. The third-order valence-corrected chi connectivity index (χ3v) is 5.35. The minimum Gasteiger partial charge on any atom is -0.484 e. The Kier molecular flexibility index (Phi) is 4.84. The second-order valence-corrected chi connectivity index (χ2v) is 7.21. The van der Waals surface area contributed by atoms with Gasteiger partial charge >= 0.3 is 0 Å². The number of hydrogen-bond acceptors (Lipinski definition) is 4. The predicted molar refractivity (Wildman–Crippen MR) is 104 cm³/mol. The van der Waals surface area contributed by atoms with Crippen LogP contribution in [-0.4, -0.2) is 35.5 Å². The van der Waals surface area contributed by atoms with Gasteiger partial charge in [-0.05, 0) is 62.1 Å². The van der Waals surface area contributed by atoms with Gasteiger partial charge in [-0.2, -0.15) is 0 Å². The number of aryl methyl sites for hydroxylation is 2. The highest BCUT2D eigenvalue weighted by atomic mass is 16.5. The highest BCUT2D eigenvalue weighted by Crippen LogP contribution is 2.30. The lowest BCUT2D eigenvalue weighted by Gasteiger charge is -2.30. The molecule has 0 N–H and O–H groups in total. The highest BCUT2D eigenvalue weighted by molar-refractivity contribution is 5.78. The number of likely N-dealkylation sites (tertiary alicyclic amines) is 1. The number of oxazole rings is 1. The molecule has 2 aromatic carbocycles. The predicted octanol–water partition coefficient (Wildman–Crippen LogP) is 4.23. The maximum absolute atomic E-state index is 12.5. The lowest BCUT2D eigenvalue weighted by Crippen LogP contribution is -2.40. The van der Waals surface area contributed by atoms with Gasteiger partial charge in [0.15, 0.2) is 18.1 Å². The van der Waals surface area contributed by atoms with Gasteiger partial charge in [0.2, 0.25) is 0 Å². The largest absolute Gasteiger partial charge is 0.484 e. The van der Waals surface area contributed by atoms with E-state index in [4.69, 9.17) is 9.15 Å². The summed E-state index contributed by atoms with van der Waals surface area (Å²) in [7, 11) is 0. The summed E-state index contributed by atoms with van der Waals surface area (Å²) in [5, 5.41) is 0. The zero-order valence-corrected chi connectivity index (χ0v) is 15.8. The molecule has 0 radical (unpaired) electrons. The number of para-hydroxylation sites is 2. The summed E-state index contributed by atoms with van der Waals surface area (Å²) in [5.41, 5.74) is 4.11. The molecule has 1 amide bonds. The van der Waals surface area contributed by atoms with E-state index in [2.05, 4.69) is 11.9 Å². The minimum absolute atomic E-state index is 0.0317. The molecule has 1 fully saturated rings. The first-order valence-corrected chi connectivity index (χ1v) is 9.43. The number of rotatable bonds is 4. The summed E-state index contributed by atoms with van der Waals surface area (Å²) >= 11 is 0. The number of hydrogen-bond donors (Lipinski definition) is 0. The molecule has 5 nitrogen and oxygen atoms in total. The van der Waals surface area contributed by atoms with Crippen LogP contribution in [0, 0.1) is 13.8 Å². The fourth-order valence-electron chi connectivity index (χ4n) is 3.48. The van der Waals surface area contributed by atoms with Crippen LogP contribution in [0.15, 0.2) is 46.9 Å². The van der Waals surface area contributed by atoms with Crippen molar-refractivity contribution in [2.75, 3.05) is 19.7 Å². The molecule has 1 aromatic heterocycles. The highest BCUT2D eigenvalue weighted by Gasteiger charge is 2.27. The number of carbonyl (C=O) groups is 1. The van der Waals surface area contributed by atoms with Crippen molar-refractivity contribution in [3.63, 3.8) is 0 Å². The van der Waals surface area contributed by atoms with E-state index in [-0.39, 0.29) is 18.4 Å². The molecule has 3 aromatic rings. The molecule has 1 aliphatic rings. The molecule has 5 heteroatoms. The fraction of sp³-hybridized carbons (Fsp3) is 0.364. The first kappa shape index (κ1) is 17.6. The molecule has 0 unspecified atom stereocenters. The van der Waals surface area contributed by atoms with Crippen molar-refractivity contribution in [1.29, 1.82) is 0 Å². The number of nitrogens with zero attached hydrogens (tertiary/aromatic N) is 2. The van der Waals surface area contributed by atoms with Gasteiger partial charge in [0.05, 0.1) is 0 Å². The van der Waals surface area contributed by atoms with Gasteiger partial charge in [-0.3, -0.25) is 4.79 Å². The van der Waals surface area contributed by atoms with Crippen LogP contribution < -0.4 is 4.74 Å². The summed E-state index contributed by atoms with van der Waals surface area (Å²) < 4.78 is 11.6. The van der Waals surface area contributed by atoms with Crippen LogP contribution in [0.25, 0.3) is 11.1 Å². The Balaban J connectivity index is 1.31. The van der Waals surface area contributed by atoms with Crippen LogP contribution >= 0.6 is 0 Å². The molecule has 1 saturated heterocycles. The second kappa shape index (κ2) is 7.43. The van der Waals surface area contributed by atoms with Crippen LogP contribution in [0.2, 0.25) is 0 Å². The standard InChI is InChI=1S/C22H24N2O3/c1-15-7-8-18(13-16(15)2)26-14-21(25)24-11-9-17(10-12-24)22-23-19-5-3-4-6-20(19)27-22/h3-8,13,17H,9-12,14H2,1-2H3. The molecule has 1 aliphatic heterocycles. The van der Waals surface area contributed by atoms with E-state index in [1.165, 1.54) is 11.1 Å². The van der Waals surface area contributed by atoms with Crippen LogP contribution in [0.5, 0.6) is 5.75 Å². The normalized spacial score (nSPS) is 15.3. The van der Waals surface area contributed by atoms with Gasteiger partial charge in [0.1, 0.15) is 11.3 Å². The average molecular weight is 364 g/mol. The number of ether oxygens (including phenoxy) is 1. The lowest BCUT2D eigenvalue weighted by atomic mass is 9.97. The smallest absolute Gasteiger partial charge is 0.260 e. The van der Waals surface area contributed by atoms with Gasteiger partial charge in [-0.25, -0.2) is 4.98 Å². The average Bonchev–Trinajstić information content (AvgIpc) is 3.13. The van der Waals surface area contributed by atoms with Crippen molar-refractivity contribution in [1.82, 2.24) is 9.88 Å². The molecule has 0 atom stereocenters. The molecule has 4 rings (SSSR count). The van der Waals surface area contributed by atoms with E-state index >= 15 is 0 Å². The van der Waals surface area contributed by atoms with Crippen molar-refractivity contribution in [2.45, 2.75) is 32.6 Å². The van der Waals surface area contributed by atoms with Crippen molar-refractivity contribution < 1.29 is 13.9 Å². The van der Waals surface area contributed by atoms with Crippen LogP contribution in [0.4, 0.5) is 0 Å². The Morgan fingerprint density at radius 2 is 1.93 bits per heavy atom. The third-order valence-electron chi connectivity index (χ3n) is 5.35. The molecule has 0 bridgehead atoms. The molecule has 0 saturated carbocycles. The van der Waals surface area contributed by atoms with Crippen molar-refractivity contribution in [2.24, 2.45) is 0 Å². The van der Waals surface area contributed by atoms with Gasteiger partial charge in [0, 0.05) is 19.0 Å². The number of amides is 1. The SMILES string of the molecule is Cc1ccc(OCC(=O)N2CCC(c3nc4ccccc4o3)CC2)cc1C. The number of fused-ring (bicyclic) bond motifs is 1. The third kappa shape index (κ3) is 3.82. The number of benzene rings is 2. The molecular weight excluding hydrogens is 340 g/mol. The zero-order valence-electron chi connectivity index (χ0n) is 15.8. The summed E-state index contributed by atoms with van der Waals surface area (Å²) in [6, 6.07) is 13.7. The van der Waals surface area contributed by atoms with Gasteiger partial charge in [0.25, 0.3) is 5.91 Å². The Morgan fingerprint density at radius 3 is 2.67 bits per heavy atom. The molecule has 27 heavy (non-hydrogen) atoms. The zero-order chi connectivity index (χ0) is 18.8. The van der Waals surface area contributed by atoms with Crippen molar-refractivity contribution >= 4 is 17.0 Å². The summed E-state index contributed by atoms with van der Waals surface area (Å²) in [5.74, 6) is 1.83. The first-order chi connectivity index (χ1) is 13.1. The number of piperidine rings is 1. The van der Waals surface area contributed by atoms with Gasteiger partial charge < -0.3 is 14.1 Å². The number of carbonyl (C=O) groups excluding carboxylic acids is 1. The summed E-state index contributed by atoms with van der Waals surface area (Å²) in [6.45, 7) is 5.60. The van der Waals surface area contributed by atoms with Crippen LogP contribution in [-0.2, 0) is 4.79 Å². The molecular formula is C22H24N2O3. The Morgan fingerprint density at radius 1 is 1.15 bits per heavy atom. The van der Waals surface area contributed by atoms with E-state index in [1.807, 2.05) is 54.3 Å². The summed E-state index contributed by atoms with van der Waals surface area (Å²) in [6.07, 6.45) is 1.73. The molecule has 2 heterocycles. The minimum atomic E-state index is 0.0317. The molecule has 140 valence electrons. The second-order valence-electron chi connectivity index (χ2n) is 7.21. The topological polar surface area (TPSA) is 55.6 Å². The van der Waals surface area contributed by atoms with E-state index in [1.54, 1.807) is 0 Å². The Hall–Kier alpha value is -2.82. The van der Waals surface area contributed by atoms with E-state index in [0.29, 0.717) is 13.1 Å².